The Kier molecular flexibility index (Phi) is 3.70. The Bertz CT molecular complexity index is 291. The van der Waals surface area contributed by atoms with Crippen LogP contribution in [-0.4, -0.2) is 19.6 Å². The summed E-state index contributed by atoms with van der Waals surface area (Å²) in [6.07, 6.45) is 0. The van der Waals surface area contributed by atoms with E-state index in [4.69, 9.17) is 0 Å². The van der Waals surface area contributed by atoms with Gasteiger partial charge in [-0.3, -0.25) is 0 Å². The summed E-state index contributed by atoms with van der Waals surface area (Å²) in [5.74, 6) is 0. The molecule has 1 atom stereocenters. The summed E-state index contributed by atoms with van der Waals surface area (Å²) in [6, 6.07) is 2.54. The molecule has 14 heavy (non-hydrogen) atoms. The average molecular weight is 212 g/mol. The summed E-state index contributed by atoms with van der Waals surface area (Å²) in [7, 11) is 4.02. The van der Waals surface area contributed by atoms with Gasteiger partial charge in [-0.2, -0.15) is 0 Å². The molecule has 0 amide bonds. The number of hydrogen-bond acceptors (Lipinski definition) is 3. The maximum absolute atomic E-state index is 3.38. The molecule has 0 bridgehead atoms. The molecule has 0 aliphatic heterocycles. The highest BCUT2D eigenvalue weighted by Gasteiger charge is 2.29. The number of rotatable bonds is 4. The second kappa shape index (κ2) is 4.43. The van der Waals surface area contributed by atoms with Crippen LogP contribution in [-0.2, 0) is 0 Å². The summed E-state index contributed by atoms with van der Waals surface area (Å²) in [5, 5.41) is 8.89. The van der Waals surface area contributed by atoms with E-state index in [0.29, 0.717) is 6.04 Å². The Morgan fingerprint density at radius 2 is 2.00 bits per heavy atom. The normalized spacial score (nSPS) is 14.4. The molecule has 80 valence electrons. The van der Waals surface area contributed by atoms with Crippen LogP contribution in [0.1, 0.15) is 30.3 Å². The lowest BCUT2D eigenvalue weighted by molar-refractivity contribution is 0.314. The van der Waals surface area contributed by atoms with Crippen LogP contribution in [0.3, 0.4) is 0 Å². The third-order valence-electron chi connectivity index (χ3n) is 2.82. The van der Waals surface area contributed by atoms with Crippen LogP contribution in [0.15, 0.2) is 11.4 Å². The van der Waals surface area contributed by atoms with Crippen LogP contribution in [0.5, 0.6) is 0 Å². The Morgan fingerprint density at radius 1 is 1.36 bits per heavy atom. The third kappa shape index (κ3) is 2.16. The van der Waals surface area contributed by atoms with Crippen molar-refractivity contribution >= 4 is 11.3 Å². The quantitative estimate of drug-likeness (QED) is 0.800. The fourth-order valence-electron chi connectivity index (χ4n) is 1.64. The highest BCUT2D eigenvalue weighted by atomic mass is 32.1. The van der Waals surface area contributed by atoms with Crippen molar-refractivity contribution < 1.29 is 0 Å². The predicted molar refractivity (Wildman–Crippen MR) is 64.0 cm³/mol. The maximum atomic E-state index is 3.38. The number of thiophene rings is 1. The van der Waals surface area contributed by atoms with Gasteiger partial charge in [0.1, 0.15) is 0 Å². The van der Waals surface area contributed by atoms with Crippen molar-refractivity contribution in [2.24, 2.45) is 0 Å². The van der Waals surface area contributed by atoms with Crippen LogP contribution >= 0.6 is 11.3 Å². The minimum Gasteiger partial charge on any atom is -0.313 e. The van der Waals surface area contributed by atoms with Gasteiger partial charge in [-0.15, -0.1) is 11.3 Å². The fourth-order valence-corrected chi connectivity index (χ4v) is 2.87. The van der Waals surface area contributed by atoms with Crippen LogP contribution in [0.4, 0.5) is 0 Å². The first-order valence-electron chi connectivity index (χ1n) is 4.93. The van der Waals surface area contributed by atoms with Gasteiger partial charge in [0.25, 0.3) is 0 Å². The summed E-state index contributed by atoms with van der Waals surface area (Å²) in [4.78, 5) is 1.42. The lowest BCUT2D eigenvalue weighted by Gasteiger charge is -2.34. The van der Waals surface area contributed by atoms with E-state index in [2.05, 4.69) is 42.9 Å². The van der Waals surface area contributed by atoms with Crippen LogP contribution in [0.25, 0.3) is 0 Å². The van der Waals surface area contributed by atoms with Crippen molar-refractivity contribution in [3.05, 3.63) is 21.9 Å². The maximum Gasteiger partial charge on any atom is 0.0594 e. The molecule has 2 nitrogen and oxygen atoms in total. The average Bonchev–Trinajstić information content (AvgIpc) is 2.53. The number of hydrogen-bond donors (Lipinski definition) is 2. The van der Waals surface area contributed by atoms with Crippen molar-refractivity contribution in [1.82, 2.24) is 10.6 Å². The molecule has 0 saturated carbocycles. The van der Waals surface area contributed by atoms with E-state index in [-0.39, 0.29) is 5.54 Å². The molecule has 1 rings (SSSR count). The number of likely N-dealkylation sites (N-methyl/N-ethyl adjacent to an activating group) is 2. The monoisotopic (exact) mass is 212 g/mol. The molecule has 1 aromatic rings. The third-order valence-corrected chi connectivity index (χ3v) is 3.90. The van der Waals surface area contributed by atoms with E-state index in [1.54, 1.807) is 0 Å². The summed E-state index contributed by atoms with van der Waals surface area (Å²) in [5.41, 5.74) is 1.45. The molecule has 0 saturated heterocycles. The summed E-state index contributed by atoms with van der Waals surface area (Å²) < 4.78 is 0. The van der Waals surface area contributed by atoms with Crippen molar-refractivity contribution in [1.29, 1.82) is 0 Å². The zero-order valence-electron chi connectivity index (χ0n) is 9.64. The van der Waals surface area contributed by atoms with E-state index >= 15 is 0 Å². The summed E-state index contributed by atoms with van der Waals surface area (Å²) >= 11 is 1.82. The highest BCUT2D eigenvalue weighted by molar-refractivity contribution is 7.10. The predicted octanol–water partition coefficient (Wildman–Crippen LogP) is 2.32. The van der Waals surface area contributed by atoms with E-state index in [1.807, 2.05) is 25.4 Å². The minimum atomic E-state index is 0.0738. The molecule has 3 heteroatoms. The van der Waals surface area contributed by atoms with Crippen molar-refractivity contribution in [3.63, 3.8) is 0 Å². The van der Waals surface area contributed by atoms with Gasteiger partial charge in [0, 0.05) is 10.4 Å². The molecule has 1 heterocycles. The lowest BCUT2D eigenvalue weighted by Crippen LogP contribution is -2.47. The Morgan fingerprint density at radius 3 is 2.36 bits per heavy atom. The highest BCUT2D eigenvalue weighted by Crippen LogP contribution is 2.31. The van der Waals surface area contributed by atoms with Crippen molar-refractivity contribution in [3.8, 4) is 0 Å². The molecule has 0 spiro atoms. The first kappa shape index (κ1) is 11.7. The minimum absolute atomic E-state index is 0.0738. The van der Waals surface area contributed by atoms with Gasteiger partial charge < -0.3 is 10.6 Å². The molecule has 0 radical (unpaired) electrons. The zero-order chi connectivity index (χ0) is 10.8. The topological polar surface area (TPSA) is 24.1 Å². The fraction of sp³-hybridized carbons (Fsp3) is 0.636. The molecule has 1 aromatic heterocycles. The Hall–Kier alpha value is -0.380. The first-order chi connectivity index (χ1) is 6.53. The second-order valence-electron chi connectivity index (χ2n) is 4.16. The van der Waals surface area contributed by atoms with Gasteiger partial charge in [-0.25, -0.2) is 0 Å². The Balaban J connectivity index is 2.99. The molecular formula is C11H20N2S. The van der Waals surface area contributed by atoms with E-state index in [9.17, 15) is 0 Å². The van der Waals surface area contributed by atoms with Crippen LogP contribution < -0.4 is 10.6 Å². The number of aryl methyl sites for hydroxylation is 1. The van der Waals surface area contributed by atoms with Gasteiger partial charge >= 0.3 is 0 Å². The van der Waals surface area contributed by atoms with Crippen LogP contribution in [0.2, 0.25) is 0 Å². The molecule has 0 aliphatic rings. The number of nitrogens with one attached hydrogen (secondary N) is 2. The molecule has 1 unspecified atom stereocenters. The molecule has 2 N–H and O–H groups in total. The van der Waals surface area contributed by atoms with E-state index in [1.165, 1.54) is 10.4 Å². The zero-order valence-corrected chi connectivity index (χ0v) is 10.5. The SMILES string of the molecule is CNC(c1sccc1C)C(C)(C)NC. The smallest absolute Gasteiger partial charge is 0.0594 e. The van der Waals surface area contributed by atoms with Gasteiger partial charge in [0.05, 0.1) is 6.04 Å². The molecule has 0 aliphatic carbocycles. The standard InChI is InChI=1S/C11H20N2S/c1-8-6-7-14-9(8)10(12-4)11(2,3)13-5/h6-7,10,12-13H,1-5H3. The molecular weight excluding hydrogens is 192 g/mol. The van der Waals surface area contributed by atoms with E-state index < -0.39 is 0 Å². The largest absolute Gasteiger partial charge is 0.313 e. The van der Waals surface area contributed by atoms with Crippen LogP contribution in [0, 0.1) is 6.92 Å². The Labute approximate surface area is 90.7 Å². The summed E-state index contributed by atoms with van der Waals surface area (Å²) in [6.45, 7) is 6.60. The van der Waals surface area contributed by atoms with E-state index in [0.717, 1.165) is 0 Å². The van der Waals surface area contributed by atoms with Crippen molar-refractivity contribution in [2.45, 2.75) is 32.4 Å². The lowest BCUT2D eigenvalue weighted by atomic mass is 9.92. The van der Waals surface area contributed by atoms with Gasteiger partial charge in [-0.1, -0.05) is 0 Å². The first-order valence-corrected chi connectivity index (χ1v) is 5.81. The second-order valence-corrected chi connectivity index (χ2v) is 5.11. The van der Waals surface area contributed by atoms with Gasteiger partial charge in [0.15, 0.2) is 0 Å². The molecule has 0 fully saturated rings. The van der Waals surface area contributed by atoms with Crippen molar-refractivity contribution in [2.75, 3.05) is 14.1 Å². The van der Waals surface area contributed by atoms with Gasteiger partial charge in [-0.05, 0) is 51.9 Å². The van der Waals surface area contributed by atoms with Gasteiger partial charge in [0.2, 0.25) is 0 Å². The molecule has 0 aromatic carbocycles.